The van der Waals surface area contributed by atoms with Crippen LogP contribution in [0.1, 0.15) is 11.3 Å². The monoisotopic (exact) mass is 165 g/mol. The number of carboxylic acid groups (broad SMARTS) is 1. The van der Waals surface area contributed by atoms with Gasteiger partial charge in [0.15, 0.2) is 0 Å². The van der Waals surface area contributed by atoms with Gasteiger partial charge in [0, 0.05) is 6.20 Å². The molecule has 64 valence electrons. The van der Waals surface area contributed by atoms with Gasteiger partial charge in [-0.2, -0.15) is 0 Å². The van der Waals surface area contributed by atoms with E-state index in [1.54, 1.807) is 12.3 Å². The molecule has 0 saturated heterocycles. The van der Waals surface area contributed by atoms with E-state index in [1.165, 1.54) is 5.56 Å². The zero-order chi connectivity index (χ0) is 9.40. The molecule has 0 aliphatic heterocycles. The SMILES string of the molecule is C=Cc1ncccc1C.O=CO. The van der Waals surface area contributed by atoms with Crippen molar-refractivity contribution in [2.45, 2.75) is 6.92 Å². The summed E-state index contributed by atoms with van der Waals surface area (Å²) in [6, 6.07) is 3.94. The molecular weight excluding hydrogens is 154 g/mol. The number of rotatable bonds is 1. The van der Waals surface area contributed by atoms with Crippen LogP contribution in [-0.2, 0) is 4.79 Å². The molecule has 0 atom stereocenters. The first-order valence-corrected chi connectivity index (χ1v) is 3.38. The summed E-state index contributed by atoms with van der Waals surface area (Å²) in [6.07, 6.45) is 3.53. The van der Waals surface area contributed by atoms with Gasteiger partial charge in [0.25, 0.3) is 6.47 Å². The van der Waals surface area contributed by atoms with Crippen molar-refractivity contribution >= 4 is 12.5 Å². The van der Waals surface area contributed by atoms with Crippen LogP contribution < -0.4 is 0 Å². The molecule has 1 aromatic heterocycles. The number of hydrogen-bond donors (Lipinski definition) is 1. The maximum Gasteiger partial charge on any atom is 0.290 e. The van der Waals surface area contributed by atoms with E-state index in [1.807, 2.05) is 19.1 Å². The molecule has 0 saturated carbocycles. The summed E-state index contributed by atoms with van der Waals surface area (Å²) >= 11 is 0. The van der Waals surface area contributed by atoms with Gasteiger partial charge in [-0.25, -0.2) is 0 Å². The van der Waals surface area contributed by atoms with Crippen LogP contribution in [0.3, 0.4) is 0 Å². The van der Waals surface area contributed by atoms with Crippen LogP contribution in [0.5, 0.6) is 0 Å². The van der Waals surface area contributed by atoms with Crippen molar-refractivity contribution in [1.29, 1.82) is 0 Å². The molecule has 3 nitrogen and oxygen atoms in total. The first-order valence-electron chi connectivity index (χ1n) is 3.38. The average Bonchev–Trinajstić information content (AvgIpc) is 2.07. The molecule has 0 aliphatic carbocycles. The molecule has 0 aromatic carbocycles. The molecule has 0 radical (unpaired) electrons. The van der Waals surface area contributed by atoms with E-state index in [4.69, 9.17) is 9.90 Å². The van der Waals surface area contributed by atoms with Crippen LogP contribution >= 0.6 is 0 Å². The second kappa shape index (κ2) is 6.09. The summed E-state index contributed by atoms with van der Waals surface area (Å²) in [5, 5.41) is 6.89. The van der Waals surface area contributed by atoms with E-state index in [-0.39, 0.29) is 6.47 Å². The van der Waals surface area contributed by atoms with Crippen LogP contribution in [0.25, 0.3) is 6.08 Å². The first-order chi connectivity index (χ1) is 5.76. The van der Waals surface area contributed by atoms with Gasteiger partial charge in [0.05, 0.1) is 5.69 Å². The summed E-state index contributed by atoms with van der Waals surface area (Å²) < 4.78 is 0. The Morgan fingerprint density at radius 3 is 2.58 bits per heavy atom. The van der Waals surface area contributed by atoms with Gasteiger partial charge in [0.1, 0.15) is 0 Å². The molecule has 0 amide bonds. The zero-order valence-electron chi connectivity index (χ0n) is 6.90. The lowest BCUT2D eigenvalue weighted by Gasteiger charge is -1.94. The van der Waals surface area contributed by atoms with Crippen molar-refractivity contribution in [1.82, 2.24) is 4.98 Å². The van der Waals surface area contributed by atoms with Gasteiger partial charge in [-0.15, -0.1) is 0 Å². The van der Waals surface area contributed by atoms with Crippen molar-refractivity contribution in [2.24, 2.45) is 0 Å². The zero-order valence-corrected chi connectivity index (χ0v) is 6.90. The summed E-state index contributed by atoms with van der Waals surface area (Å²) in [6.45, 7) is 5.40. The number of nitrogens with zero attached hydrogens (tertiary/aromatic N) is 1. The quantitative estimate of drug-likeness (QED) is 0.645. The Labute approximate surface area is 71.4 Å². The fraction of sp³-hybridized carbons (Fsp3) is 0.111. The Balaban J connectivity index is 0.000000354. The largest absolute Gasteiger partial charge is 0.483 e. The topological polar surface area (TPSA) is 50.2 Å². The van der Waals surface area contributed by atoms with E-state index >= 15 is 0 Å². The second-order valence-electron chi connectivity index (χ2n) is 2.02. The Morgan fingerprint density at radius 1 is 1.67 bits per heavy atom. The van der Waals surface area contributed by atoms with Crippen LogP contribution in [0.4, 0.5) is 0 Å². The summed E-state index contributed by atoms with van der Waals surface area (Å²) in [4.78, 5) is 12.4. The van der Waals surface area contributed by atoms with Crippen LogP contribution in [-0.4, -0.2) is 16.6 Å². The number of aromatic nitrogens is 1. The number of hydrogen-bond acceptors (Lipinski definition) is 2. The molecule has 3 heteroatoms. The molecule has 12 heavy (non-hydrogen) atoms. The highest BCUT2D eigenvalue weighted by molar-refractivity contribution is 5.45. The van der Waals surface area contributed by atoms with Gasteiger partial charge in [-0.1, -0.05) is 12.6 Å². The highest BCUT2D eigenvalue weighted by Crippen LogP contribution is 2.02. The van der Waals surface area contributed by atoms with E-state index < -0.39 is 0 Å². The fourth-order valence-electron chi connectivity index (χ4n) is 0.712. The molecular formula is C9H11NO2. The number of aryl methyl sites for hydroxylation is 1. The number of carbonyl (C=O) groups is 1. The van der Waals surface area contributed by atoms with Crippen molar-refractivity contribution in [3.8, 4) is 0 Å². The third-order valence-electron chi connectivity index (χ3n) is 1.24. The van der Waals surface area contributed by atoms with Crippen molar-refractivity contribution in [3.63, 3.8) is 0 Å². The first kappa shape index (κ1) is 10.4. The maximum absolute atomic E-state index is 8.36. The van der Waals surface area contributed by atoms with Gasteiger partial charge in [-0.3, -0.25) is 9.78 Å². The molecule has 0 fully saturated rings. The van der Waals surface area contributed by atoms with Gasteiger partial charge in [-0.05, 0) is 24.6 Å². The lowest BCUT2D eigenvalue weighted by molar-refractivity contribution is -0.122. The van der Waals surface area contributed by atoms with Gasteiger partial charge in [0.2, 0.25) is 0 Å². The third kappa shape index (κ3) is 3.51. The molecule has 1 rings (SSSR count). The molecule has 1 heterocycles. The van der Waals surface area contributed by atoms with Crippen LogP contribution in [0, 0.1) is 6.92 Å². The Morgan fingerprint density at radius 2 is 2.25 bits per heavy atom. The number of pyridine rings is 1. The van der Waals surface area contributed by atoms with Gasteiger partial charge < -0.3 is 5.11 Å². The lowest BCUT2D eigenvalue weighted by Crippen LogP contribution is -1.82. The van der Waals surface area contributed by atoms with Gasteiger partial charge >= 0.3 is 0 Å². The smallest absolute Gasteiger partial charge is 0.290 e. The lowest BCUT2D eigenvalue weighted by atomic mass is 10.2. The van der Waals surface area contributed by atoms with Crippen LogP contribution in [0.2, 0.25) is 0 Å². The normalized spacial score (nSPS) is 7.75. The molecule has 1 N–H and O–H groups in total. The summed E-state index contributed by atoms with van der Waals surface area (Å²) in [5.41, 5.74) is 2.14. The van der Waals surface area contributed by atoms with E-state index in [9.17, 15) is 0 Å². The Bertz CT molecular complexity index is 258. The van der Waals surface area contributed by atoms with E-state index in [2.05, 4.69) is 11.6 Å². The minimum Gasteiger partial charge on any atom is -0.483 e. The van der Waals surface area contributed by atoms with Crippen molar-refractivity contribution in [2.75, 3.05) is 0 Å². The highest BCUT2D eigenvalue weighted by atomic mass is 16.3. The molecule has 0 spiro atoms. The minimum atomic E-state index is -0.250. The average molecular weight is 165 g/mol. The van der Waals surface area contributed by atoms with Crippen molar-refractivity contribution in [3.05, 3.63) is 36.2 Å². The maximum atomic E-state index is 8.36. The summed E-state index contributed by atoms with van der Waals surface area (Å²) in [5.74, 6) is 0. The molecule has 0 aliphatic rings. The van der Waals surface area contributed by atoms with Crippen LogP contribution in [0.15, 0.2) is 24.9 Å². The third-order valence-corrected chi connectivity index (χ3v) is 1.24. The Kier molecular flexibility index (Phi) is 5.26. The standard InChI is InChI=1S/C8H9N.CH2O2/c1-3-8-7(2)5-4-6-9-8;2-1-3/h3-6H,1H2,2H3;1H,(H,2,3). The van der Waals surface area contributed by atoms with E-state index in [0.29, 0.717) is 0 Å². The second-order valence-corrected chi connectivity index (χ2v) is 2.02. The van der Waals surface area contributed by atoms with Crippen molar-refractivity contribution < 1.29 is 9.90 Å². The summed E-state index contributed by atoms with van der Waals surface area (Å²) in [7, 11) is 0. The predicted octanol–water partition coefficient (Wildman–Crippen LogP) is 1.73. The predicted molar refractivity (Wildman–Crippen MR) is 47.8 cm³/mol. The van der Waals surface area contributed by atoms with E-state index in [0.717, 1.165) is 5.69 Å². The molecule has 0 bridgehead atoms. The highest BCUT2D eigenvalue weighted by Gasteiger charge is 1.88. The molecule has 0 unspecified atom stereocenters. The fourth-order valence-corrected chi connectivity index (χ4v) is 0.712. The Hall–Kier alpha value is -1.64. The molecule has 1 aromatic rings. The minimum absolute atomic E-state index is 0.250.